The summed E-state index contributed by atoms with van der Waals surface area (Å²) >= 11 is 0. The molecule has 1 aliphatic heterocycles. The van der Waals surface area contributed by atoms with E-state index in [1.54, 1.807) is 24.0 Å². The van der Waals surface area contributed by atoms with Crippen molar-refractivity contribution < 1.29 is 14.6 Å². The van der Waals surface area contributed by atoms with Crippen molar-refractivity contribution in [3.05, 3.63) is 53.9 Å². The zero-order valence-electron chi connectivity index (χ0n) is 12.5. The summed E-state index contributed by atoms with van der Waals surface area (Å²) in [5.74, 6) is 0. The molecule has 1 aromatic carbocycles. The highest BCUT2D eigenvalue weighted by molar-refractivity contribution is 5.68. The lowest BCUT2D eigenvalue weighted by molar-refractivity contribution is 0.0337. The van der Waals surface area contributed by atoms with E-state index in [9.17, 15) is 9.90 Å². The van der Waals surface area contributed by atoms with E-state index >= 15 is 0 Å². The number of aliphatic hydroxyl groups is 1. The Kier molecular flexibility index (Phi) is 3.85. The molecule has 1 fully saturated rings. The number of nitrogens with zero attached hydrogens (tertiary/aromatic N) is 3. The molecular weight excluding hydrogens is 282 g/mol. The van der Waals surface area contributed by atoms with Gasteiger partial charge < -0.3 is 14.7 Å². The van der Waals surface area contributed by atoms with E-state index in [2.05, 4.69) is 5.10 Å². The highest BCUT2D eigenvalue weighted by Crippen LogP contribution is 2.31. The van der Waals surface area contributed by atoms with Gasteiger partial charge in [-0.1, -0.05) is 30.3 Å². The molecule has 1 saturated heterocycles. The second-order valence-corrected chi connectivity index (χ2v) is 5.58. The molecule has 2 heterocycles. The molecule has 1 N–H and O–H groups in total. The van der Waals surface area contributed by atoms with Gasteiger partial charge in [0.2, 0.25) is 0 Å². The lowest BCUT2D eigenvalue weighted by Crippen LogP contribution is -2.35. The molecule has 0 radical (unpaired) electrons. The Morgan fingerprint density at radius 3 is 2.82 bits per heavy atom. The fourth-order valence-electron chi connectivity index (χ4n) is 2.80. The Bertz CT molecular complexity index is 656. The first-order chi connectivity index (χ1) is 10.6. The number of aryl methyl sites for hydroxylation is 1. The normalized spacial score (nSPS) is 21.1. The van der Waals surface area contributed by atoms with Crippen molar-refractivity contribution in [3.8, 4) is 0 Å². The zero-order chi connectivity index (χ0) is 15.6. The lowest BCUT2D eigenvalue weighted by Gasteiger charge is -2.23. The summed E-state index contributed by atoms with van der Waals surface area (Å²) in [6.07, 6.45) is 1.72. The monoisotopic (exact) mass is 301 g/mol. The second-order valence-electron chi connectivity index (χ2n) is 5.58. The summed E-state index contributed by atoms with van der Waals surface area (Å²) in [4.78, 5) is 13.7. The molecule has 1 unspecified atom stereocenters. The van der Waals surface area contributed by atoms with Gasteiger partial charge in [0.15, 0.2) is 0 Å². The maximum atomic E-state index is 12.1. The Labute approximate surface area is 128 Å². The molecule has 0 spiro atoms. The first-order valence-electron chi connectivity index (χ1n) is 7.25. The molecule has 3 rings (SSSR count). The SMILES string of the molecule is Cn1nccc1C1(O)CCN(C(=O)OCc2ccccc2)C1. The zero-order valence-corrected chi connectivity index (χ0v) is 12.5. The molecule has 0 aliphatic carbocycles. The number of likely N-dealkylation sites (tertiary alicyclic amines) is 1. The van der Waals surface area contributed by atoms with Crippen LogP contribution in [0.25, 0.3) is 0 Å². The molecule has 1 aliphatic rings. The van der Waals surface area contributed by atoms with Crippen LogP contribution >= 0.6 is 0 Å². The molecule has 1 aromatic heterocycles. The van der Waals surface area contributed by atoms with E-state index in [1.165, 1.54) is 4.90 Å². The maximum absolute atomic E-state index is 12.1. The fraction of sp³-hybridized carbons (Fsp3) is 0.375. The summed E-state index contributed by atoms with van der Waals surface area (Å²) in [6, 6.07) is 11.3. The van der Waals surface area contributed by atoms with Crippen molar-refractivity contribution in [1.29, 1.82) is 0 Å². The van der Waals surface area contributed by atoms with Crippen molar-refractivity contribution >= 4 is 6.09 Å². The number of hydrogen-bond acceptors (Lipinski definition) is 4. The number of β-amino-alcohol motifs (C(OH)–C–C–N with tert-alkyl or cyclic N) is 1. The molecule has 0 saturated carbocycles. The molecular formula is C16H19N3O3. The van der Waals surface area contributed by atoms with E-state index in [0.29, 0.717) is 18.7 Å². The van der Waals surface area contributed by atoms with Crippen molar-refractivity contribution in [2.24, 2.45) is 7.05 Å². The van der Waals surface area contributed by atoms with Gasteiger partial charge >= 0.3 is 6.09 Å². The summed E-state index contributed by atoms with van der Waals surface area (Å²) in [5, 5.41) is 14.8. The smallest absolute Gasteiger partial charge is 0.410 e. The summed E-state index contributed by atoms with van der Waals surface area (Å²) in [5.41, 5.74) is 0.597. The van der Waals surface area contributed by atoms with Crippen LogP contribution in [0.1, 0.15) is 17.7 Å². The Morgan fingerprint density at radius 2 is 2.14 bits per heavy atom. The summed E-state index contributed by atoms with van der Waals surface area (Å²) in [7, 11) is 1.78. The van der Waals surface area contributed by atoms with Crippen LogP contribution in [0.4, 0.5) is 4.79 Å². The number of ether oxygens (including phenoxy) is 1. The third kappa shape index (κ3) is 2.82. The number of amides is 1. The molecule has 116 valence electrons. The fourth-order valence-corrected chi connectivity index (χ4v) is 2.80. The summed E-state index contributed by atoms with van der Waals surface area (Å²) < 4.78 is 6.94. The van der Waals surface area contributed by atoms with Crippen molar-refractivity contribution in [3.63, 3.8) is 0 Å². The number of carbonyl (C=O) groups excluding carboxylic acids is 1. The van der Waals surface area contributed by atoms with E-state index in [0.717, 1.165) is 5.56 Å². The predicted molar refractivity (Wildman–Crippen MR) is 79.9 cm³/mol. The average Bonchev–Trinajstić information content (AvgIpc) is 3.13. The first kappa shape index (κ1) is 14.6. The quantitative estimate of drug-likeness (QED) is 0.936. The average molecular weight is 301 g/mol. The number of rotatable bonds is 3. The molecule has 1 atom stereocenters. The van der Waals surface area contributed by atoms with E-state index in [1.807, 2.05) is 30.3 Å². The van der Waals surface area contributed by atoms with Gasteiger partial charge in [-0.2, -0.15) is 5.10 Å². The molecule has 6 nitrogen and oxygen atoms in total. The number of carbonyl (C=O) groups is 1. The van der Waals surface area contributed by atoms with Crippen molar-refractivity contribution in [2.75, 3.05) is 13.1 Å². The Balaban J connectivity index is 1.60. The minimum atomic E-state index is -1.06. The molecule has 0 bridgehead atoms. The van der Waals surface area contributed by atoms with Crippen LogP contribution in [-0.4, -0.2) is 39.0 Å². The van der Waals surface area contributed by atoms with Crippen molar-refractivity contribution in [2.45, 2.75) is 18.6 Å². The lowest BCUT2D eigenvalue weighted by atomic mass is 9.99. The third-order valence-corrected chi connectivity index (χ3v) is 4.01. The van der Waals surface area contributed by atoms with E-state index in [4.69, 9.17) is 4.74 Å². The Hall–Kier alpha value is -2.34. The van der Waals surface area contributed by atoms with Crippen LogP contribution in [0.2, 0.25) is 0 Å². The van der Waals surface area contributed by atoms with Gasteiger partial charge in [-0.25, -0.2) is 4.79 Å². The standard InChI is InChI=1S/C16H19N3O3/c1-18-14(7-9-17-18)16(21)8-10-19(12-16)15(20)22-11-13-5-3-2-4-6-13/h2-7,9,21H,8,10-12H2,1H3. The van der Waals surface area contributed by atoms with Crippen LogP contribution < -0.4 is 0 Å². The summed E-state index contributed by atoms with van der Waals surface area (Å²) in [6.45, 7) is 0.926. The highest BCUT2D eigenvalue weighted by Gasteiger charge is 2.42. The minimum Gasteiger partial charge on any atom is -0.445 e. The molecule has 6 heteroatoms. The van der Waals surface area contributed by atoms with E-state index < -0.39 is 11.7 Å². The van der Waals surface area contributed by atoms with Gasteiger partial charge in [0.1, 0.15) is 12.2 Å². The number of hydrogen-bond donors (Lipinski definition) is 1. The highest BCUT2D eigenvalue weighted by atomic mass is 16.6. The van der Waals surface area contributed by atoms with Crippen molar-refractivity contribution in [1.82, 2.24) is 14.7 Å². The van der Waals surface area contributed by atoms with Gasteiger partial charge in [-0.15, -0.1) is 0 Å². The van der Waals surface area contributed by atoms with Crippen LogP contribution in [0, 0.1) is 0 Å². The minimum absolute atomic E-state index is 0.222. The van der Waals surface area contributed by atoms with Crippen LogP contribution in [0.15, 0.2) is 42.6 Å². The molecule has 2 aromatic rings. The largest absolute Gasteiger partial charge is 0.445 e. The number of aromatic nitrogens is 2. The molecule has 22 heavy (non-hydrogen) atoms. The maximum Gasteiger partial charge on any atom is 0.410 e. The third-order valence-electron chi connectivity index (χ3n) is 4.01. The van der Waals surface area contributed by atoms with E-state index in [-0.39, 0.29) is 13.2 Å². The topological polar surface area (TPSA) is 67.6 Å². The van der Waals surface area contributed by atoms with Crippen LogP contribution in [-0.2, 0) is 24.0 Å². The van der Waals surface area contributed by atoms with Gasteiger partial charge in [0, 0.05) is 26.2 Å². The van der Waals surface area contributed by atoms with Crippen LogP contribution in [0.3, 0.4) is 0 Å². The molecule has 1 amide bonds. The second kappa shape index (κ2) is 5.81. The van der Waals surface area contributed by atoms with Crippen LogP contribution in [0.5, 0.6) is 0 Å². The predicted octanol–water partition coefficient (Wildman–Crippen LogP) is 1.65. The Morgan fingerprint density at radius 1 is 1.36 bits per heavy atom. The van der Waals surface area contributed by atoms with Gasteiger partial charge in [0.25, 0.3) is 0 Å². The van der Waals surface area contributed by atoms with Gasteiger partial charge in [0.05, 0.1) is 12.2 Å². The van der Waals surface area contributed by atoms with Gasteiger partial charge in [-0.3, -0.25) is 4.68 Å². The first-order valence-corrected chi connectivity index (χ1v) is 7.25. The van der Waals surface area contributed by atoms with Gasteiger partial charge in [-0.05, 0) is 11.6 Å². The number of benzene rings is 1.